The highest BCUT2D eigenvalue weighted by atomic mass is 35.5. The van der Waals surface area contributed by atoms with Crippen LogP contribution < -0.4 is 15.4 Å². The van der Waals surface area contributed by atoms with E-state index in [1.807, 2.05) is 12.2 Å². The lowest BCUT2D eigenvalue weighted by atomic mass is 10.1. The summed E-state index contributed by atoms with van der Waals surface area (Å²) in [5.74, 6) is -2.22. The Balaban J connectivity index is 2.70. The molecule has 3 amide bonds. The van der Waals surface area contributed by atoms with Crippen LogP contribution in [0.15, 0.2) is 29.2 Å². The zero-order valence-electron chi connectivity index (χ0n) is 15.8. The number of carbonyl (C=O) groups is 3. The van der Waals surface area contributed by atoms with Gasteiger partial charge < -0.3 is 10.1 Å². The summed E-state index contributed by atoms with van der Waals surface area (Å²) in [6.45, 7) is 4.76. The summed E-state index contributed by atoms with van der Waals surface area (Å²) in [6.07, 6.45) is 0.695. The van der Waals surface area contributed by atoms with E-state index in [4.69, 9.17) is 16.3 Å². The molecule has 0 heterocycles. The quantitative estimate of drug-likeness (QED) is 0.505. The first-order chi connectivity index (χ1) is 13.1. The lowest BCUT2D eigenvalue weighted by molar-refractivity contribution is -0.150. The molecule has 0 aromatic heterocycles. The second-order valence-corrected chi connectivity index (χ2v) is 8.36. The highest BCUT2D eigenvalue weighted by Gasteiger charge is 2.30. The van der Waals surface area contributed by atoms with E-state index in [1.165, 1.54) is 24.3 Å². The van der Waals surface area contributed by atoms with Crippen molar-refractivity contribution in [2.75, 3.05) is 13.2 Å². The van der Waals surface area contributed by atoms with Crippen LogP contribution >= 0.6 is 11.6 Å². The zero-order valence-corrected chi connectivity index (χ0v) is 17.4. The predicted molar refractivity (Wildman–Crippen MR) is 103 cm³/mol. The summed E-state index contributed by atoms with van der Waals surface area (Å²) >= 11 is 5.75. The van der Waals surface area contributed by atoms with Gasteiger partial charge in [0, 0.05) is 11.6 Å². The number of ether oxygens (including phenoxy) is 1. The third-order valence-electron chi connectivity index (χ3n) is 3.46. The van der Waals surface area contributed by atoms with Crippen molar-refractivity contribution in [3.8, 4) is 0 Å². The molecular formula is C17H24ClN3O6S. The minimum atomic E-state index is -4.01. The highest BCUT2D eigenvalue weighted by Crippen LogP contribution is 2.16. The number of nitrogens with one attached hydrogen (secondary N) is 3. The minimum Gasteiger partial charge on any atom is -0.454 e. The molecule has 0 bridgehead atoms. The first-order valence-electron chi connectivity index (χ1n) is 8.59. The average Bonchev–Trinajstić information content (AvgIpc) is 2.62. The van der Waals surface area contributed by atoms with Gasteiger partial charge in [0.05, 0.1) is 4.90 Å². The fourth-order valence-corrected chi connectivity index (χ4v) is 3.44. The van der Waals surface area contributed by atoms with Gasteiger partial charge in [-0.15, -0.1) is 0 Å². The summed E-state index contributed by atoms with van der Waals surface area (Å²) in [7, 11) is -4.01. The van der Waals surface area contributed by atoms with Gasteiger partial charge in [0.25, 0.3) is 5.91 Å². The van der Waals surface area contributed by atoms with Gasteiger partial charge in [0.2, 0.25) is 10.0 Å². The van der Waals surface area contributed by atoms with Gasteiger partial charge in [-0.05, 0) is 36.6 Å². The molecule has 3 N–H and O–H groups in total. The first-order valence-corrected chi connectivity index (χ1v) is 10.4. The maximum atomic E-state index is 12.5. The van der Waals surface area contributed by atoms with Crippen LogP contribution in [0.4, 0.5) is 4.79 Å². The molecule has 1 rings (SSSR count). The van der Waals surface area contributed by atoms with Crippen molar-refractivity contribution in [3.05, 3.63) is 29.3 Å². The topological polar surface area (TPSA) is 131 Å². The summed E-state index contributed by atoms with van der Waals surface area (Å²) in [4.78, 5) is 35.2. The van der Waals surface area contributed by atoms with Gasteiger partial charge in [-0.1, -0.05) is 32.4 Å². The smallest absolute Gasteiger partial charge is 0.324 e. The highest BCUT2D eigenvalue weighted by molar-refractivity contribution is 7.89. The van der Waals surface area contributed by atoms with E-state index in [0.717, 1.165) is 0 Å². The Hall–Kier alpha value is -2.17. The molecule has 0 fully saturated rings. The zero-order chi connectivity index (χ0) is 21.3. The number of rotatable bonds is 9. The number of esters is 1. The average molecular weight is 434 g/mol. The van der Waals surface area contributed by atoms with Crippen molar-refractivity contribution in [2.24, 2.45) is 5.92 Å². The van der Waals surface area contributed by atoms with Crippen molar-refractivity contribution in [1.29, 1.82) is 0 Å². The van der Waals surface area contributed by atoms with Crippen LogP contribution in [-0.2, 0) is 24.3 Å². The van der Waals surface area contributed by atoms with E-state index in [-0.39, 0.29) is 4.90 Å². The molecule has 156 valence electrons. The Kier molecular flexibility index (Phi) is 9.36. The van der Waals surface area contributed by atoms with Gasteiger partial charge >= 0.3 is 12.0 Å². The maximum Gasteiger partial charge on any atom is 0.324 e. The summed E-state index contributed by atoms with van der Waals surface area (Å²) < 4.78 is 32.0. The van der Waals surface area contributed by atoms with Crippen molar-refractivity contribution < 1.29 is 27.5 Å². The van der Waals surface area contributed by atoms with Crippen molar-refractivity contribution >= 4 is 39.5 Å². The Morgan fingerprint density at radius 1 is 1.14 bits per heavy atom. The van der Waals surface area contributed by atoms with Crippen LogP contribution in [0.3, 0.4) is 0 Å². The molecular weight excluding hydrogens is 410 g/mol. The van der Waals surface area contributed by atoms with Gasteiger partial charge in [-0.25, -0.2) is 13.2 Å². The number of sulfonamides is 1. The number of urea groups is 1. The molecule has 0 saturated carbocycles. The van der Waals surface area contributed by atoms with Crippen LogP contribution in [0.5, 0.6) is 0 Å². The minimum absolute atomic E-state index is 0.0688. The molecule has 11 heteroatoms. The van der Waals surface area contributed by atoms with Gasteiger partial charge in [-0.2, -0.15) is 4.72 Å². The van der Waals surface area contributed by atoms with Crippen molar-refractivity contribution in [2.45, 2.75) is 38.1 Å². The monoisotopic (exact) mass is 433 g/mol. The third-order valence-corrected chi connectivity index (χ3v) is 5.17. The second kappa shape index (κ2) is 11.0. The number of imide groups is 1. The lowest BCUT2D eigenvalue weighted by Gasteiger charge is -2.20. The Morgan fingerprint density at radius 2 is 1.75 bits per heavy atom. The van der Waals surface area contributed by atoms with Crippen LogP contribution in [0, 0.1) is 5.92 Å². The molecule has 1 atom stereocenters. The molecule has 0 aliphatic carbocycles. The van der Waals surface area contributed by atoms with E-state index >= 15 is 0 Å². The molecule has 1 aromatic carbocycles. The van der Waals surface area contributed by atoms with E-state index in [2.05, 4.69) is 10.0 Å². The number of carbonyl (C=O) groups excluding carboxylic acids is 3. The fraction of sp³-hybridized carbons (Fsp3) is 0.471. The van der Waals surface area contributed by atoms with E-state index in [1.54, 1.807) is 13.8 Å². The standard InChI is InChI=1S/C17H24ClN3O6S/c1-4-9-19-17(24)20-14(22)10-27-16(23)15(11(2)3)21-28(25,26)13-7-5-12(18)6-8-13/h5-8,11,15,21H,4,9-10H2,1-3H3,(H2,19,20,22,24). The lowest BCUT2D eigenvalue weighted by Crippen LogP contribution is -2.47. The van der Waals surface area contributed by atoms with E-state index in [0.29, 0.717) is 18.0 Å². The maximum absolute atomic E-state index is 12.5. The van der Waals surface area contributed by atoms with Crippen molar-refractivity contribution in [1.82, 2.24) is 15.4 Å². The Morgan fingerprint density at radius 3 is 2.29 bits per heavy atom. The van der Waals surface area contributed by atoms with E-state index in [9.17, 15) is 22.8 Å². The van der Waals surface area contributed by atoms with Crippen LogP contribution in [0.2, 0.25) is 5.02 Å². The number of amides is 3. The number of halogens is 1. The molecule has 9 nitrogen and oxygen atoms in total. The Bertz CT molecular complexity index is 796. The molecule has 1 aromatic rings. The largest absolute Gasteiger partial charge is 0.454 e. The summed E-state index contributed by atoms with van der Waals surface area (Å²) in [5, 5.41) is 4.80. The molecule has 0 aliphatic rings. The first kappa shape index (κ1) is 23.9. The molecule has 28 heavy (non-hydrogen) atoms. The summed E-state index contributed by atoms with van der Waals surface area (Å²) in [5.41, 5.74) is 0. The van der Waals surface area contributed by atoms with Gasteiger partial charge in [0.15, 0.2) is 6.61 Å². The van der Waals surface area contributed by atoms with Gasteiger partial charge in [0.1, 0.15) is 6.04 Å². The van der Waals surface area contributed by atoms with Crippen LogP contribution in [0.1, 0.15) is 27.2 Å². The van der Waals surface area contributed by atoms with Crippen LogP contribution in [0.25, 0.3) is 0 Å². The fourth-order valence-electron chi connectivity index (χ4n) is 1.98. The van der Waals surface area contributed by atoms with Gasteiger partial charge in [-0.3, -0.25) is 14.9 Å². The van der Waals surface area contributed by atoms with E-state index < -0.39 is 46.5 Å². The van der Waals surface area contributed by atoms with Crippen molar-refractivity contribution in [3.63, 3.8) is 0 Å². The van der Waals surface area contributed by atoms with Crippen LogP contribution in [-0.4, -0.2) is 45.5 Å². The SMILES string of the molecule is CCCNC(=O)NC(=O)COC(=O)C(NS(=O)(=O)c1ccc(Cl)cc1)C(C)C. The number of hydrogen-bond acceptors (Lipinski definition) is 6. The number of benzene rings is 1. The molecule has 0 spiro atoms. The molecule has 0 radical (unpaired) electrons. The number of hydrogen-bond donors (Lipinski definition) is 3. The summed E-state index contributed by atoms with van der Waals surface area (Å²) in [6, 6.07) is 3.50. The second-order valence-electron chi connectivity index (χ2n) is 6.21. The normalized spacial score (nSPS) is 12.3. The molecule has 1 unspecified atom stereocenters. The third kappa shape index (κ3) is 7.83. The predicted octanol–water partition coefficient (Wildman–Crippen LogP) is 1.42. The molecule has 0 aliphatic heterocycles. The Labute approximate surface area is 169 Å². The molecule has 0 saturated heterocycles.